The number of carbonyl (C=O) groups excluding carboxylic acids is 2. The van der Waals surface area contributed by atoms with E-state index in [0.29, 0.717) is 40.0 Å². The second-order valence-corrected chi connectivity index (χ2v) is 23.6. The van der Waals surface area contributed by atoms with Crippen molar-refractivity contribution >= 4 is 59.5 Å². The maximum Gasteiger partial charge on any atom is 0.349 e. The van der Waals surface area contributed by atoms with E-state index in [0.717, 1.165) is 30.5 Å². The Labute approximate surface area is 357 Å². The third-order valence-electron chi connectivity index (χ3n) is 11.8. The topological polar surface area (TPSA) is 153 Å². The van der Waals surface area contributed by atoms with Gasteiger partial charge in [-0.3, -0.25) is 9.59 Å². The second kappa shape index (κ2) is 18.8. The minimum atomic E-state index is -2.36. The van der Waals surface area contributed by atoms with Crippen molar-refractivity contribution in [1.29, 1.82) is 0 Å². The van der Waals surface area contributed by atoms with E-state index in [9.17, 15) is 24.6 Å². The Morgan fingerprint density at radius 3 is 2.27 bits per heavy atom. The Bertz CT molecular complexity index is 2290. The van der Waals surface area contributed by atoms with Crippen LogP contribution in [0, 0.1) is 11.6 Å². The number of aromatic nitrogens is 1. The van der Waals surface area contributed by atoms with E-state index in [1.165, 1.54) is 34.8 Å². The molecule has 11 nitrogen and oxygen atoms in total. The smallest absolute Gasteiger partial charge is 0.349 e. The maximum absolute atomic E-state index is 15.4. The van der Waals surface area contributed by atoms with Crippen molar-refractivity contribution in [2.24, 2.45) is 0 Å². The summed E-state index contributed by atoms with van der Waals surface area (Å²) in [4.78, 5) is 44.2. The number of amides is 1. The molecule has 0 radical (unpaired) electrons. The van der Waals surface area contributed by atoms with E-state index in [1.54, 1.807) is 36.4 Å². The molecule has 2 aromatic carbocycles. The van der Waals surface area contributed by atoms with Crippen molar-refractivity contribution in [3.8, 4) is 5.75 Å². The number of aromatic hydroxyl groups is 1. The standard InChI is InChI=1S/C44H54F2N4O7S2Si/c1-43(2,3)60(5,6)57-36(30-15-17-35(51)41-31(30)16-18-39(52)49-41)26-47-25-27-23-33(46)34(24-32(27)45)48-40(53)19-20-50(4)28-11-13-29(14-12-28)56-42(54)44(55,37-9-7-21-58-37)38-10-8-22-59-38/h7-10,15-18,21-24,28-29,36,47,51,55H,11-14,19-20,25-26H2,1-6H3,(H,48,53)(H,49,52)/t28?,29?,36-/m1/s1. The predicted molar refractivity (Wildman–Crippen MR) is 235 cm³/mol. The van der Waals surface area contributed by atoms with Crippen molar-refractivity contribution in [3.63, 3.8) is 0 Å². The Hall–Kier alpha value is -4.29. The van der Waals surface area contributed by atoms with Gasteiger partial charge in [-0.1, -0.05) is 39.0 Å². The van der Waals surface area contributed by atoms with Gasteiger partial charge in [-0.05, 0) is 97.5 Å². The summed E-state index contributed by atoms with van der Waals surface area (Å²) in [5.41, 5.74) is -1.37. The van der Waals surface area contributed by atoms with Gasteiger partial charge in [0.2, 0.25) is 17.1 Å². The molecule has 3 heterocycles. The summed E-state index contributed by atoms with van der Waals surface area (Å²) in [6.07, 6.45) is 1.80. The number of esters is 1. The average Bonchev–Trinajstić information content (AvgIpc) is 3.95. The van der Waals surface area contributed by atoms with Gasteiger partial charge >= 0.3 is 5.97 Å². The lowest BCUT2D eigenvalue weighted by atomic mass is 9.91. The molecule has 1 saturated carbocycles. The number of aromatic amines is 1. The Morgan fingerprint density at radius 1 is 0.983 bits per heavy atom. The first-order valence-corrected chi connectivity index (χ1v) is 24.8. The lowest BCUT2D eigenvalue weighted by Gasteiger charge is -2.39. The van der Waals surface area contributed by atoms with Crippen LogP contribution in [0.25, 0.3) is 10.9 Å². The number of phenols is 1. The van der Waals surface area contributed by atoms with Gasteiger partial charge in [-0.15, -0.1) is 22.7 Å². The first-order valence-electron chi connectivity index (χ1n) is 20.1. The number of halogens is 2. The minimum absolute atomic E-state index is 0.0302. The van der Waals surface area contributed by atoms with E-state index in [4.69, 9.17) is 9.16 Å². The van der Waals surface area contributed by atoms with E-state index in [2.05, 4.69) is 54.4 Å². The average molecular weight is 881 g/mol. The minimum Gasteiger partial charge on any atom is -0.506 e. The number of hydrogen-bond donors (Lipinski definition) is 5. The molecule has 0 unspecified atom stereocenters. The number of fused-ring (bicyclic) bond motifs is 1. The molecule has 5 N–H and O–H groups in total. The van der Waals surface area contributed by atoms with E-state index >= 15 is 8.78 Å². The van der Waals surface area contributed by atoms with Crippen LogP contribution in [0.15, 0.2) is 76.2 Å². The number of nitrogens with one attached hydrogen (secondary N) is 3. The zero-order chi connectivity index (χ0) is 43.4. The SMILES string of the molecule is CN(CCC(=O)Nc1cc(F)c(CNC[C@@H](O[Si](C)(C)C(C)(C)C)c2ccc(O)c3[nH]c(=O)ccc23)cc1F)C1CCC(OC(=O)C(O)(c2cccs2)c2cccs2)CC1. The highest BCUT2D eigenvalue weighted by Crippen LogP contribution is 2.42. The normalized spacial score (nSPS) is 16.9. The van der Waals surface area contributed by atoms with Crippen LogP contribution in [0.1, 0.15) is 79.9 Å². The van der Waals surface area contributed by atoms with Gasteiger partial charge in [0.25, 0.3) is 0 Å². The Balaban J connectivity index is 1.01. The van der Waals surface area contributed by atoms with Crippen LogP contribution < -0.4 is 16.2 Å². The summed E-state index contributed by atoms with van der Waals surface area (Å²) < 4.78 is 43.5. The van der Waals surface area contributed by atoms with Crippen LogP contribution in [-0.2, 0) is 30.9 Å². The van der Waals surface area contributed by atoms with Gasteiger partial charge in [-0.25, -0.2) is 13.6 Å². The number of phenolic OH excluding ortho intramolecular Hbond substituents is 1. The van der Waals surface area contributed by atoms with E-state index in [-0.39, 0.29) is 59.3 Å². The van der Waals surface area contributed by atoms with Crippen LogP contribution >= 0.6 is 22.7 Å². The predicted octanol–water partition coefficient (Wildman–Crippen LogP) is 8.54. The summed E-state index contributed by atoms with van der Waals surface area (Å²) >= 11 is 2.59. The number of pyridine rings is 1. The van der Waals surface area contributed by atoms with Crippen molar-refractivity contribution in [2.45, 2.75) is 101 Å². The zero-order valence-electron chi connectivity index (χ0n) is 34.8. The molecule has 0 spiro atoms. The lowest BCUT2D eigenvalue weighted by molar-refractivity contribution is -0.169. The number of benzene rings is 2. The van der Waals surface area contributed by atoms with Crippen LogP contribution in [0.3, 0.4) is 0 Å². The summed E-state index contributed by atoms with van der Waals surface area (Å²) in [5.74, 6) is -2.67. The van der Waals surface area contributed by atoms with Crippen LogP contribution in [0.2, 0.25) is 18.1 Å². The molecule has 3 aromatic heterocycles. The van der Waals surface area contributed by atoms with E-state index in [1.807, 2.05) is 17.8 Å². The molecule has 0 aliphatic heterocycles. The highest BCUT2D eigenvalue weighted by Gasteiger charge is 2.45. The molecule has 0 bridgehead atoms. The monoisotopic (exact) mass is 880 g/mol. The van der Waals surface area contributed by atoms with Gasteiger partial charge in [0, 0.05) is 55.2 Å². The fraction of sp³-hybridized carbons (Fsp3) is 0.432. The summed E-state index contributed by atoms with van der Waals surface area (Å²) in [7, 11) is -0.456. The number of anilines is 1. The number of carbonyl (C=O) groups is 2. The fourth-order valence-electron chi connectivity index (χ4n) is 7.25. The van der Waals surface area contributed by atoms with E-state index < -0.39 is 43.5 Å². The maximum atomic E-state index is 15.4. The summed E-state index contributed by atoms with van der Waals surface area (Å²) in [5, 5.41) is 31.9. The zero-order valence-corrected chi connectivity index (χ0v) is 37.4. The Morgan fingerprint density at radius 2 is 1.65 bits per heavy atom. The lowest BCUT2D eigenvalue weighted by Crippen LogP contribution is -2.43. The molecule has 1 aliphatic carbocycles. The van der Waals surface area contributed by atoms with Gasteiger partial charge in [0.1, 0.15) is 23.5 Å². The van der Waals surface area contributed by atoms with Crippen molar-refractivity contribution in [1.82, 2.24) is 15.2 Å². The highest BCUT2D eigenvalue weighted by molar-refractivity contribution is 7.12. The van der Waals surface area contributed by atoms with Gasteiger partial charge < -0.3 is 39.9 Å². The van der Waals surface area contributed by atoms with Crippen molar-refractivity contribution in [3.05, 3.63) is 114 Å². The molecule has 1 aliphatic rings. The summed E-state index contributed by atoms with van der Waals surface area (Å²) in [6.45, 7) is 11.1. The second-order valence-electron chi connectivity index (χ2n) is 17.0. The highest BCUT2D eigenvalue weighted by atomic mass is 32.1. The number of nitrogens with zero attached hydrogens (tertiary/aromatic N) is 1. The van der Waals surface area contributed by atoms with Gasteiger partial charge in [-0.2, -0.15) is 0 Å². The Kier molecular flexibility index (Phi) is 14.1. The molecule has 1 fully saturated rings. The van der Waals surface area contributed by atoms with Crippen molar-refractivity contribution < 1.29 is 37.7 Å². The van der Waals surface area contributed by atoms with Crippen LogP contribution in [0.4, 0.5) is 14.5 Å². The molecule has 16 heteroatoms. The van der Waals surface area contributed by atoms with Gasteiger partial charge in [0.05, 0.1) is 27.1 Å². The quantitative estimate of drug-likeness (QED) is 0.0485. The largest absolute Gasteiger partial charge is 0.506 e. The van der Waals surface area contributed by atoms with Crippen LogP contribution in [-0.4, -0.2) is 72.6 Å². The third kappa shape index (κ3) is 10.2. The molecule has 1 amide bonds. The summed E-state index contributed by atoms with van der Waals surface area (Å²) in [6, 6.07) is 15.5. The number of hydrogen-bond acceptors (Lipinski definition) is 11. The molecular formula is C44H54F2N4O7S2Si. The molecule has 5 aromatic rings. The number of thiophene rings is 2. The van der Waals surface area contributed by atoms with Crippen LogP contribution in [0.5, 0.6) is 5.75 Å². The molecule has 6 rings (SSSR count). The van der Waals surface area contributed by atoms with Gasteiger partial charge in [0.15, 0.2) is 8.32 Å². The molecular weight excluding hydrogens is 827 g/mol. The first-order chi connectivity index (χ1) is 28.4. The number of ether oxygens (including phenoxy) is 1. The third-order valence-corrected chi connectivity index (χ3v) is 18.3. The molecule has 1 atom stereocenters. The molecule has 60 heavy (non-hydrogen) atoms. The number of aliphatic hydroxyl groups is 1. The number of rotatable bonds is 16. The number of H-pyrrole nitrogens is 1. The first kappa shape index (κ1) is 45.2. The van der Waals surface area contributed by atoms with Crippen molar-refractivity contribution in [2.75, 3.05) is 25.5 Å². The molecule has 322 valence electrons. The fourth-order valence-corrected chi connectivity index (χ4v) is 10.2. The molecule has 0 saturated heterocycles.